The first-order valence-electron chi connectivity index (χ1n) is 13.2. The Balaban J connectivity index is 1.22. The summed E-state index contributed by atoms with van der Waals surface area (Å²) in [6.07, 6.45) is 3.29. The highest BCUT2D eigenvalue weighted by atomic mass is 32.2. The summed E-state index contributed by atoms with van der Waals surface area (Å²) in [5, 5.41) is 49.3. The zero-order chi connectivity index (χ0) is 28.3. The molecule has 0 bridgehead atoms. The van der Waals surface area contributed by atoms with Gasteiger partial charge in [0.1, 0.15) is 47.2 Å². The van der Waals surface area contributed by atoms with Crippen LogP contribution >= 0.6 is 11.8 Å². The highest BCUT2D eigenvalue weighted by Gasteiger charge is 2.49. The Kier molecular flexibility index (Phi) is 8.39. The third-order valence-electron chi connectivity index (χ3n) is 7.44. The number of ether oxygens (including phenoxy) is 3. The molecule has 0 unspecified atom stereocenters. The van der Waals surface area contributed by atoms with Gasteiger partial charge in [0.2, 0.25) is 0 Å². The normalized spacial score (nSPS) is 30.3. The molecule has 1 aromatic carbocycles. The van der Waals surface area contributed by atoms with E-state index in [1.54, 1.807) is 35.5 Å². The average Bonchev–Trinajstić information content (AvgIpc) is 3.70. The van der Waals surface area contributed by atoms with Crippen molar-refractivity contribution in [3.63, 3.8) is 0 Å². The summed E-state index contributed by atoms with van der Waals surface area (Å²) >= 11 is 1.33. The third kappa shape index (κ3) is 5.64. The molecule has 2 fully saturated rings. The van der Waals surface area contributed by atoms with E-state index >= 15 is 0 Å². The SMILES string of the molecule is CO[C@@H]1[C@@H](n2cc(-c3cccnc3)nn2)[C@@H](O)[C@@H](CO)O[C@H]1S[C@@H]1COC[C@H](n2cc(-c3ccccc3)nn2)[C@H]1O. The molecular weight excluding hydrogens is 550 g/mol. The van der Waals surface area contributed by atoms with Crippen molar-refractivity contribution in [2.24, 2.45) is 0 Å². The Morgan fingerprint density at radius 3 is 2.41 bits per heavy atom. The predicted octanol–water partition coefficient (Wildman–Crippen LogP) is 0.967. The van der Waals surface area contributed by atoms with Crippen LogP contribution in [0, 0.1) is 0 Å². The van der Waals surface area contributed by atoms with Crippen LogP contribution < -0.4 is 0 Å². The zero-order valence-electron chi connectivity index (χ0n) is 22.2. The molecular formula is C27H31N7O6S. The van der Waals surface area contributed by atoms with Crippen molar-refractivity contribution in [2.45, 2.75) is 47.2 Å². The van der Waals surface area contributed by atoms with Crippen molar-refractivity contribution in [3.05, 3.63) is 67.3 Å². The molecule has 216 valence electrons. The van der Waals surface area contributed by atoms with Crippen LogP contribution in [0.3, 0.4) is 0 Å². The second-order valence-corrected chi connectivity index (χ2v) is 11.3. The maximum atomic E-state index is 11.4. The quantitative estimate of drug-likeness (QED) is 0.271. The minimum atomic E-state index is -1.13. The van der Waals surface area contributed by atoms with Gasteiger partial charge in [-0.05, 0) is 12.1 Å². The number of benzene rings is 1. The fourth-order valence-corrected chi connectivity index (χ4v) is 6.74. The molecule has 0 spiro atoms. The number of rotatable bonds is 8. The topological polar surface area (TPSA) is 163 Å². The van der Waals surface area contributed by atoms with Crippen LogP contribution in [0.15, 0.2) is 67.3 Å². The Morgan fingerprint density at radius 2 is 1.68 bits per heavy atom. The van der Waals surface area contributed by atoms with Gasteiger partial charge in [-0.15, -0.1) is 22.0 Å². The van der Waals surface area contributed by atoms with Gasteiger partial charge in [-0.1, -0.05) is 40.8 Å². The first-order valence-corrected chi connectivity index (χ1v) is 14.2. The number of hydrogen-bond acceptors (Lipinski definition) is 12. The van der Waals surface area contributed by atoms with E-state index in [1.807, 2.05) is 36.4 Å². The molecule has 4 aromatic rings. The molecule has 2 aliphatic rings. The van der Waals surface area contributed by atoms with Gasteiger partial charge in [0.25, 0.3) is 0 Å². The van der Waals surface area contributed by atoms with Crippen LogP contribution in [-0.2, 0) is 14.2 Å². The molecule has 3 N–H and O–H groups in total. The van der Waals surface area contributed by atoms with Crippen molar-refractivity contribution < 1.29 is 29.5 Å². The van der Waals surface area contributed by atoms with Crippen LogP contribution in [0.25, 0.3) is 22.5 Å². The van der Waals surface area contributed by atoms with E-state index in [9.17, 15) is 15.3 Å². The van der Waals surface area contributed by atoms with E-state index in [2.05, 4.69) is 25.6 Å². The number of aromatic nitrogens is 7. The van der Waals surface area contributed by atoms with Gasteiger partial charge in [0.15, 0.2) is 0 Å². The molecule has 0 saturated carbocycles. The Bertz CT molecular complexity index is 1410. The predicted molar refractivity (Wildman–Crippen MR) is 148 cm³/mol. The van der Waals surface area contributed by atoms with Crippen molar-refractivity contribution in [3.8, 4) is 22.5 Å². The Labute approximate surface area is 240 Å². The van der Waals surface area contributed by atoms with Gasteiger partial charge in [-0.3, -0.25) is 4.98 Å². The van der Waals surface area contributed by atoms with E-state index in [0.29, 0.717) is 11.4 Å². The molecule has 0 aliphatic carbocycles. The first-order chi connectivity index (χ1) is 20.1. The van der Waals surface area contributed by atoms with Gasteiger partial charge < -0.3 is 29.5 Å². The van der Waals surface area contributed by atoms with Crippen LogP contribution in [0.5, 0.6) is 0 Å². The van der Waals surface area contributed by atoms with Crippen molar-refractivity contribution in [1.29, 1.82) is 0 Å². The third-order valence-corrected chi connectivity index (χ3v) is 8.86. The lowest BCUT2D eigenvalue weighted by Gasteiger charge is -2.45. The smallest absolute Gasteiger partial charge is 0.132 e. The Morgan fingerprint density at radius 1 is 0.951 bits per heavy atom. The molecule has 3 aromatic heterocycles. The van der Waals surface area contributed by atoms with Crippen LogP contribution in [0.4, 0.5) is 0 Å². The van der Waals surface area contributed by atoms with E-state index in [1.165, 1.54) is 23.6 Å². The molecule has 0 amide bonds. The molecule has 5 heterocycles. The van der Waals surface area contributed by atoms with Crippen LogP contribution in [-0.4, -0.2) is 112 Å². The molecule has 41 heavy (non-hydrogen) atoms. The monoisotopic (exact) mass is 581 g/mol. The van der Waals surface area contributed by atoms with Gasteiger partial charge in [-0.25, -0.2) is 9.36 Å². The van der Waals surface area contributed by atoms with E-state index in [0.717, 1.165) is 11.1 Å². The lowest BCUT2D eigenvalue weighted by Crippen LogP contribution is -2.56. The number of methoxy groups -OCH3 is 1. The summed E-state index contributed by atoms with van der Waals surface area (Å²) in [4.78, 5) is 4.13. The molecule has 6 rings (SSSR count). The van der Waals surface area contributed by atoms with Gasteiger partial charge >= 0.3 is 0 Å². The summed E-state index contributed by atoms with van der Waals surface area (Å²) in [6, 6.07) is 12.2. The maximum absolute atomic E-state index is 11.4. The first kappa shape index (κ1) is 27.9. The number of aliphatic hydroxyl groups excluding tert-OH is 3. The second kappa shape index (κ2) is 12.3. The largest absolute Gasteiger partial charge is 0.394 e. The standard InChI is InChI=1S/C27H31N7O6S/c1-38-26-23(34-12-19(30-32-34)17-8-5-9-28-10-17)25(37)21(13-35)40-27(26)41-22-15-39-14-20(24(22)36)33-11-18(29-31-33)16-6-3-2-4-7-16/h2-12,20-27,35-37H,13-15H2,1H3/t20-,21+,22+,23-,24+,25-,26+,27-/m0/s1. The van der Waals surface area contributed by atoms with E-state index in [-0.39, 0.29) is 13.2 Å². The minimum absolute atomic E-state index is 0.268. The van der Waals surface area contributed by atoms with Crippen LogP contribution in [0.1, 0.15) is 12.1 Å². The number of hydrogen-bond donors (Lipinski definition) is 3. The maximum Gasteiger partial charge on any atom is 0.132 e. The van der Waals surface area contributed by atoms with Gasteiger partial charge in [0.05, 0.1) is 43.6 Å². The molecule has 8 atom stereocenters. The lowest BCUT2D eigenvalue weighted by atomic mass is 9.97. The molecule has 13 nitrogen and oxygen atoms in total. The summed E-state index contributed by atoms with van der Waals surface area (Å²) in [7, 11) is 1.52. The fourth-order valence-electron chi connectivity index (χ4n) is 5.25. The number of thioether (sulfide) groups is 1. The highest BCUT2D eigenvalue weighted by Crippen LogP contribution is 2.41. The Hall–Kier alpha value is -3.24. The summed E-state index contributed by atoms with van der Waals surface area (Å²) in [6.45, 7) is 0.124. The fraction of sp³-hybridized carbons (Fsp3) is 0.444. The highest BCUT2D eigenvalue weighted by molar-refractivity contribution is 8.00. The minimum Gasteiger partial charge on any atom is -0.394 e. The van der Waals surface area contributed by atoms with Crippen molar-refractivity contribution in [2.75, 3.05) is 26.9 Å². The van der Waals surface area contributed by atoms with Crippen molar-refractivity contribution in [1.82, 2.24) is 35.0 Å². The second-order valence-electron chi connectivity index (χ2n) is 9.95. The van der Waals surface area contributed by atoms with Gasteiger partial charge in [0, 0.05) is 30.6 Å². The van der Waals surface area contributed by atoms with Crippen molar-refractivity contribution >= 4 is 11.8 Å². The molecule has 2 saturated heterocycles. The van der Waals surface area contributed by atoms with E-state index < -0.39 is 53.8 Å². The van der Waals surface area contributed by atoms with Crippen LogP contribution in [0.2, 0.25) is 0 Å². The number of pyridine rings is 1. The van der Waals surface area contributed by atoms with E-state index in [4.69, 9.17) is 14.2 Å². The lowest BCUT2D eigenvalue weighted by molar-refractivity contribution is -0.186. The number of nitrogens with zero attached hydrogens (tertiary/aromatic N) is 7. The average molecular weight is 582 g/mol. The molecule has 0 radical (unpaired) electrons. The zero-order valence-corrected chi connectivity index (χ0v) is 23.0. The summed E-state index contributed by atoms with van der Waals surface area (Å²) in [5.41, 5.74) is 2.31. The summed E-state index contributed by atoms with van der Waals surface area (Å²) in [5.74, 6) is 0. The molecule has 2 aliphatic heterocycles. The number of aliphatic hydroxyl groups is 3. The summed E-state index contributed by atoms with van der Waals surface area (Å²) < 4.78 is 21.0. The molecule has 14 heteroatoms. The van der Waals surface area contributed by atoms with Gasteiger partial charge in [-0.2, -0.15) is 0 Å².